The van der Waals surface area contributed by atoms with Crippen LogP contribution in [0.1, 0.15) is 30.2 Å². The van der Waals surface area contributed by atoms with Gasteiger partial charge in [-0.05, 0) is 56.3 Å². The van der Waals surface area contributed by atoms with E-state index in [1.165, 1.54) is 35.0 Å². The van der Waals surface area contributed by atoms with Crippen LogP contribution < -0.4 is 26.2 Å². The van der Waals surface area contributed by atoms with E-state index in [0.717, 1.165) is 53.0 Å². The first-order valence-electron chi connectivity index (χ1n) is 13.9. The van der Waals surface area contributed by atoms with Crippen molar-refractivity contribution in [1.82, 2.24) is 18.7 Å². The van der Waals surface area contributed by atoms with Gasteiger partial charge < -0.3 is 15.0 Å². The molecule has 0 unspecified atom stereocenters. The van der Waals surface area contributed by atoms with E-state index in [1.54, 1.807) is 30.6 Å². The number of nitrogens with one attached hydrogen (secondary N) is 1. The van der Waals surface area contributed by atoms with Crippen LogP contribution >= 0.6 is 11.8 Å². The number of benzene rings is 2. The van der Waals surface area contributed by atoms with E-state index in [9.17, 15) is 18.8 Å². The quantitative estimate of drug-likeness (QED) is 0.271. The summed E-state index contributed by atoms with van der Waals surface area (Å²) in [5, 5.41) is 6.87. The molecule has 0 radical (unpaired) electrons. The molecule has 5 aromatic rings. The summed E-state index contributed by atoms with van der Waals surface area (Å²) in [5.74, 6) is 0.243. The molecular formula is C31H28F2N6O4S. The summed E-state index contributed by atoms with van der Waals surface area (Å²) in [7, 11) is 0. The number of rotatable bonds is 7. The van der Waals surface area contributed by atoms with Gasteiger partial charge in [-0.15, -0.1) is 0 Å². The first-order chi connectivity index (χ1) is 21.2. The second kappa shape index (κ2) is 12.0. The molecular weight excluding hydrogens is 590 g/mol. The van der Waals surface area contributed by atoms with Crippen molar-refractivity contribution in [1.29, 1.82) is 0 Å². The molecule has 2 aromatic carbocycles. The molecule has 1 saturated heterocycles. The molecule has 1 amide bonds. The summed E-state index contributed by atoms with van der Waals surface area (Å²) in [6.45, 7) is 5.19. The number of ether oxygens (including phenoxy) is 1. The fourth-order valence-electron chi connectivity index (χ4n) is 4.95. The Morgan fingerprint density at radius 2 is 1.70 bits per heavy atom. The molecule has 6 rings (SSSR count). The summed E-state index contributed by atoms with van der Waals surface area (Å²) in [5.41, 5.74) is -0.175. The van der Waals surface area contributed by atoms with Gasteiger partial charge in [0.15, 0.2) is 17.3 Å². The van der Waals surface area contributed by atoms with Crippen molar-refractivity contribution in [3.63, 3.8) is 0 Å². The number of anilines is 2. The van der Waals surface area contributed by atoms with E-state index in [-0.39, 0.29) is 22.7 Å². The third-order valence-corrected chi connectivity index (χ3v) is 8.18. The van der Waals surface area contributed by atoms with E-state index in [4.69, 9.17) is 4.74 Å². The van der Waals surface area contributed by atoms with Gasteiger partial charge in [0.1, 0.15) is 16.9 Å². The monoisotopic (exact) mass is 618 g/mol. The zero-order valence-corrected chi connectivity index (χ0v) is 24.7. The molecule has 0 atom stereocenters. The summed E-state index contributed by atoms with van der Waals surface area (Å²) in [6, 6.07) is 11.9. The van der Waals surface area contributed by atoms with Crippen molar-refractivity contribution in [3.05, 3.63) is 111 Å². The predicted molar refractivity (Wildman–Crippen MR) is 166 cm³/mol. The molecule has 1 fully saturated rings. The van der Waals surface area contributed by atoms with Gasteiger partial charge >= 0.3 is 5.69 Å². The van der Waals surface area contributed by atoms with Crippen LogP contribution in [0.5, 0.6) is 11.5 Å². The number of hydrogen-bond donors (Lipinski definition) is 1. The molecule has 0 saturated carbocycles. The molecule has 0 aliphatic carbocycles. The van der Waals surface area contributed by atoms with Gasteiger partial charge in [0.25, 0.3) is 11.5 Å². The van der Waals surface area contributed by atoms with Crippen molar-refractivity contribution >= 4 is 34.6 Å². The van der Waals surface area contributed by atoms with E-state index in [2.05, 4.69) is 15.3 Å². The number of fused-ring (bicyclic) bond motifs is 1. The van der Waals surface area contributed by atoms with Crippen LogP contribution in [0, 0.1) is 11.6 Å². The molecule has 226 valence electrons. The summed E-state index contributed by atoms with van der Waals surface area (Å²) < 4.78 is 38.6. The minimum atomic E-state index is -0.895. The Morgan fingerprint density at radius 3 is 2.41 bits per heavy atom. The molecule has 1 aliphatic heterocycles. The van der Waals surface area contributed by atoms with Gasteiger partial charge in [-0.2, -0.15) is 16.9 Å². The number of thioether (sulfide) groups is 1. The first-order valence-corrected chi connectivity index (χ1v) is 15.1. The summed E-state index contributed by atoms with van der Waals surface area (Å²) in [4.78, 5) is 41.9. The van der Waals surface area contributed by atoms with Gasteiger partial charge in [-0.25, -0.2) is 22.7 Å². The first kappa shape index (κ1) is 29.2. The van der Waals surface area contributed by atoms with Crippen LogP contribution in [-0.2, 0) is 0 Å². The smallest absolute Gasteiger partial charge is 0.335 e. The maximum atomic E-state index is 15.3. The molecule has 44 heavy (non-hydrogen) atoms. The molecule has 3 aromatic heterocycles. The summed E-state index contributed by atoms with van der Waals surface area (Å²) in [6.07, 6.45) is 4.72. The molecule has 1 aliphatic rings. The Balaban J connectivity index is 1.28. The van der Waals surface area contributed by atoms with Crippen molar-refractivity contribution in [2.45, 2.75) is 19.9 Å². The maximum absolute atomic E-state index is 15.3. The standard InChI is InChI=1S/C31H28F2N6O4S/c1-19(2)37-18-24(30(41)39(31(37)42)22-6-3-20(32)4-7-22)29(40)35-21-5-8-27(25(33)15-21)43-28-16-23(36-11-13-44-14-12-36)17-38-26(28)9-10-34-38/h3-10,15-19H,11-14H2,1-2H3,(H,35,40). The highest BCUT2D eigenvalue weighted by Crippen LogP contribution is 2.33. The second-order valence-electron chi connectivity index (χ2n) is 10.5. The number of hydrogen-bond acceptors (Lipinski definition) is 7. The fraction of sp³-hybridized carbons (Fsp3) is 0.226. The van der Waals surface area contributed by atoms with Crippen LogP contribution in [0.25, 0.3) is 11.2 Å². The van der Waals surface area contributed by atoms with E-state index < -0.39 is 34.8 Å². The molecule has 4 heterocycles. The molecule has 10 nitrogen and oxygen atoms in total. The van der Waals surface area contributed by atoms with Crippen LogP contribution in [0.4, 0.5) is 20.2 Å². The summed E-state index contributed by atoms with van der Waals surface area (Å²) >= 11 is 1.89. The highest BCUT2D eigenvalue weighted by Gasteiger charge is 2.21. The van der Waals surface area contributed by atoms with E-state index in [0.29, 0.717) is 11.3 Å². The minimum Gasteiger partial charge on any atom is -0.452 e. The van der Waals surface area contributed by atoms with Crippen LogP contribution in [-0.4, -0.2) is 49.3 Å². The van der Waals surface area contributed by atoms with Crippen LogP contribution in [0.3, 0.4) is 0 Å². The maximum Gasteiger partial charge on any atom is 0.335 e. The molecule has 1 N–H and O–H groups in total. The zero-order valence-electron chi connectivity index (χ0n) is 23.9. The predicted octanol–water partition coefficient (Wildman–Crippen LogP) is 5.10. The number of nitrogens with zero attached hydrogens (tertiary/aromatic N) is 5. The number of aromatic nitrogens is 4. The Labute approximate surface area is 254 Å². The molecule has 0 bridgehead atoms. The van der Waals surface area contributed by atoms with Crippen LogP contribution in [0.15, 0.2) is 82.8 Å². The number of halogens is 2. The van der Waals surface area contributed by atoms with E-state index in [1.807, 2.05) is 24.0 Å². The van der Waals surface area contributed by atoms with Crippen molar-refractivity contribution in [2.24, 2.45) is 0 Å². The van der Waals surface area contributed by atoms with Gasteiger partial charge in [0.05, 0.1) is 23.8 Å². The normalized spacial score (nSPS) is 13.4. The third kappa shape index (κ3) is 5.70. The Kier molecular flexibility index (Phi) is 7.95. The topological polar surface area (TPSA) is 103 Å². The fourth-order valence-corrected chi connectivity index (χ4v) is 5.86. The SMILES string of the molecule is CC(C)n1cc(C(=O)Nc2ccc(Oc3cc(N4CCSCC4)cn4nccc34)c(F)c2)c(=O)n(-c2ccc(F)cc2)c1=O. The Morgan fingerprint density at radius 1 is 0.955 bits per heavy atom. The lowest BCUT2D eigenvalue weighted by Gasteiger charge is -2.28. The highest BCUT2D eigenvalue weighted by molar-refractivity contribution is 7.99. The lowest BCUT2D eigenvalue weighted by atomic mass is 10.2. The van der Waals surface area contributed by atoms with Gasteiger partial charge in [-0.3, -0.25) is 14.2 Å². The Hall–Kier alpha value is -4.91. The van der Waals surface area contributed by atoms with Crippen molar-refractivity contribution in [2.75, 3.05) is 34.8 Å². The van der Waals surface area contributed by atoms with Gasteiger partial charge in [-0.1, -0.05) is 0 Å². The number of amides is 1. The van der Waals surface area contributed by atoms with Crippen molar-refractivity contribution in [3.8, 4) is 17.2 Å². The van der Waals surface area contributed by atoms with Gasteiger partial charge in [0, 0.05) is 54.7 Å². The molecule has 0 spiro atoms. The minimum absolute atomic E-state index is 0.0653. The molecule has 13 heteroatoms. The zero-order chi connectivity index (χ0) is 31.0. The average Bonchev–Trinajstić information content (AvgIpc) is 3.49. The van der Waals surface area contributed by atoms with Crippen molar-refractivity contribution < 1.29 is 18.3 Å². The van der Waals surface area contributed by atoms with E-state index >= 15 is 4.39 Å². The lowest BCUT2D eigenvalue weighted by Crippen LogP contribution is -2.42. The van der Waals surface area contributed by atoms with Gasteiger partial charge in [0.2, 0.25) is 0 Å². The third-order valence-electron chi connectivity index (χ3n) is 7.24. The highest BCUT2D eigenvalue weighted by atomic mass is 32.2. The van der Waals surface area contributed by atoms with Crippen LogP contribution in [0.2, 0.25) is 0 Å². The number of carbonyl (C=O) groups is 1. The average molecular weight is 619 g/mol. The Bertz CT molecular complexity index is 1980. The number of carbonyl (C=O) groups excluding carboxylic acids is 1. The largest absolute Gasteiger partial charge is 0.452 e. The lowest BCUT2D eigenvalue weighted by molar-refractivity contribution is 0.102. The second-order valence-corrected chi connectivity index (χ2v) is 11.7. The number of pyridine rings is 1.